The molecule has 20 heavy (non-hydrogen) atoms. The lowest BCUT2D eigenvalue weighted by Crippen LogP contribution is -2.26. The van der Waals surface area contributed by atoms with Crippen LogP contribution in [0.15, 0.2) is 10.9 Å². The Bertz CT molecular complexity index is 531. The Kier molecular flexibility index (Phi) is 5.95. The molecule has 0 fully saturated rings. The summed E-state index contributed by atoms with van der Waals surface area (Å²) in [6.45, 7) is 9.22. The normalized spacial score (nSPS) is 11.1. The van der Waals surface area contributed by atoms with E-state index in [0.29, 0.717) is 43.4 Å². The lowest BCUT2D eigenvalue weighted by Gasteiger charge is -2.14. The van der Waals surface area contributed by atoms with Gasteiger partial charge in [-0.25, -0.2) is 4.79 Å². The third-order valence-corrected chi connectivity index (χ3v) is 3.10. The van der Waals surface area contributed by atoms with Crippen LogP contribution in [0.2, 0.25) is 0 Å². The maximum Gasteiger partial charge on any atom is 0.337 e. The first-order valence-corrected chi connectivity index (χ1v) is 6.86. The van der Waals surface area contributed by atoms with Crippen LogP contribution in [0, 0.1) is 19.8 Å². The molecule has 112 valence electrons. The maximum absolute atomic E-state index is 11.9. The second-order valence-electron chi connectivity index (χ2n) is 5.41. The molecule has 0 bridgehead atoms. The molecule has 0 radical (unpaired) electrons. The van der Waals surface area contributed by atoms with Gasteiger partial charge in [-0.1, -0.05) is 13.8 Å². The summed E-state index contributed by atoms with van der Waals surface area (Å²) >= 11 is 0. The molecule has 5 heteroatoms. The fraction of sp³-hybridized carbons (Fsp3) is 0.600. The van der Waals surface area contributed by atoms with Gasteiger partial charge in [-0.15, -0.1) is 0 Å². The van der Waals surface area contributed by atoms with Crippen molar-refractivity contribution in [3.8, 4) is 0 Å². The zero-order valence-corrected chi connectivity index (χ0v) is 12.6. The molecule has 0 amide bonds. The number of ether oxygens (including phenoxy) is 1. The number of pyridine rings is 1. The van der Waals surface area contributed by atoms with Crippen molar-refractivity contribution in [3.05, 3.63) is 33.2 Å². The van der Waals surface area contributed by atoms with Crippen molar-refractivity contribution in [2.45, 2.75) is 40.7 Å². The third-order valence-electron chi connectivity index (χ3n) is 3.10. The number of hydrogen-bond donors (Lipinski definition) is 1. The van der Waals surface area contributed by atoms with Gasteiger partial charge >= 0.3 is 5.97 Å². The monoisotopic (exact) mass is 281 g/mol. The van der Waals surface area contributed by atoms with Gasteiger partial charge in [-0.2, -0.15) is 0 Å². The Morgan fingerprint density at radius 3 is 2.60 bits per heavy atom. The van der Waals surface area contributed by atoms with Crippen molar-refractivity contribution in [3.63, 3.8) is 0 Å². The van der Waals surface area contributed by atoms with E-state index in [1.165, 1.54) is 10.6 Å². The smallest absolute Gasteiger partial charge is 0.337 e. The van der Waals surface area contributed by atoms with Gasteiger partial charge in [0.05, 0.1) is 5.56 Å². The van der Waals surface area contributed by atoms with Gasteiger partial charge in [0.25, 0.3) is 5.56 Å². The van der Waals surface area contributed by atoms with Crippen LogP contribution in [0.4, 0.5) is 0 Å². The first kappa shape index (κ1) is 16.4. The predicted molar refractivity (Wildman–Crippen MR) is 77.4 cm³/mol. The number of nitrogens with zero attached hydrogens (tertiary/aromatic N) is 1. The Morgan fingerprint density at radius 1 is 1.40 bits per heavy atom. The van der Waals surface area contributed by atoms with Gasteiger partial charge in [0.2, 0.25) is 0 Å². The standard InChI is InChI=1S/C15H23NO4/c1-10(2)9-20-7-5-6-16-12(4)14(15(18)19)11(3)8-13(16)17/h8,10H,5-7,9H2,1-4H3,(H,18,19). The molecule has 0 spiro atoms. The molecule has 0 aliphatic rings. The number of rotatable bonds is 7. The van der Waals surface area contributed by atoms with Crippen molar-refractivity contribution in [2.24, 2.45) is 5.92 Å². The summed E-state index contributed by atoms with van der Waals surface area (Å²) in [4.78, 5) is 23.2. The highest BCUT2D eigenvalue weighted by molar-refractivity contribution is 5.90. The summed E-state index contributed by atoms with van der Waals surface area (Å²) in [5, 5.41) is 9.19. The van der Waals surface area contributed by atoms with Crippen molar-refractivity contribution < 1.29 is 14.6 Å². The van der Waals surface area contributed by atoms with Crippen molar-refractivity contribution in [1.82, 2.24) is 4.57 Å². The van der Waals surface area contributed by atoms with Crippen molar-refractivity contribution >= 4 is 5.97 Å². The summed E-state index contributed by atoms with van der Waals surface area (Å²) in [6, 6.07) is 1.38. The van der Waals surface area contributed by atoms with Crippen LogP contribution in [0.3, 0.4) is 0 Å². The molecule has 1 heterocycles. The van der Waals surface area contributed by atoms with Crippen LogP contribution in [0.25, 0.3) is 0 Å². The third kappa shape index (κ3) is 4.20. The predicted octanol–water partition coefficient (Wildman–Crippen LogP) is 2.23. The second-order valence-corrected chi connectivity index (χ2v) is 5.41. The number of aryl methyl sites for hydroxylation is 1. The molecular formula is C15H23NO4. The average molecular weight is 281 g/mol. The number of carboxylic acids is 1. The molecule has 1 rings (SSSR count). The van der Waals surface area contributed by atoms with E-state index in [1.807, 2.05) is 0 Å². The van der Waals surface area contributed by atoms with Gasteiger partial charge in [0.15, 0.2) is 0 Å². The van der Waals surface area contributed by atoms with Crippen LogP contribution < -0.4 is 5.56 Å². The number of carbonyl (C=O) groups is 1. The van der Waals surface area contributed by atoms with E-state index < -0.39 is 5.97 Å². The highest BCUT2D eigenvalue weighted by atomic mass is 16.5. The first-order chi connectivity index (χ1) is 9.34. The van der Waals surface area contributed by atoms with E-state index in [0.717, 1.165) is 0 Å². The first-order valence-electron chi connectivity index (χ1n) is 6.86. The minimum Gasteiger partial charge on any atom is -0.478 e. The summed E-state index contributed by atoms with van der Waals surface area (Å²) in [5.41, 5.74) is 1.07. The van der Waals surface area contributed by atoms with Gasteiger partial charge in [0.1, 0.15) is 0 Å². The molecule has 0 aliphatic heterocycles. The zero-order chi connectivity index (χ0) is 15.3. The maximum atomic E-state index is 11.9. The number of carboxylic acid groups (broad SMARTS) is 1. The summed E-state index contributed by atoms with van der Waals surface area (Å²) in [6.07, 6.45) is 0.690. The molecule has 5 nitrogen and oxygen atoms in total. The van der Waals surface area contributed by atoms with Crippen molar-refractivity contribution in [1.29, 1.82) is 0 Å². The Balaban J connectivity index is 2.78. The van der Waals surface area contributed by atoms with Crippen LogP contribution in [0.5, 0.6) is 0 Å². The minimum atomic E-state index is -0.996. The van der Waals surface area contributed by atoms with Crippen molar-refractivity contribution in [2.75, 3.05) is 13.2 Å². The topological polar surface area (TPSA) is 68.5 Å². The lowest BCUT2D eigenvalue weighted by atomic mass is 10.1. The van der Waals surface area contributed by atoms with E-state index in [-0.39, 0.29) is 11.1 Å². The van der Waals surface area contributed by atoms with Crippen LogP contribution >= 0.6 is 0 Å². The lowest BCUT2D eigenvalue weighted by molar-refractivity contribution is 0.0694. The van der Waals surface area contributed by atoms with Gasteiger partial charge in [-0.05, 0) is 31.7 Å². The average Bonchev–Trinajstić information content (AvgIpc) is 2.30. The molecular weight excluding hydrogens is 258 g/mol. The molecule has 0 aromatic carbocycles. The number of aromatic carboxylic acids is 1. The molecule has 0 saturated heterocycles. The number of hydrogen-bond acceptors (Lipinski definition) is 3. The molecule has 1 aromatic rings. The van der Waals surface area contributed by atoms with Crippen LogP contribution in [-0.4, -0.2) is 28.9 Å². The Labute approximate surface area is 119 Å². The summed E-state index contributed by atoms with van der Waals surface area (Å²) in [7, 11) is 0. The summed E-state index contributed by atoms with van der Waals surface area (Å²) in [5.74, 6) is -0.512. The largest absolute Gasteiger partial charge is 0.478 e. The highest BCUT2D eigenvalue weighted by Gasteiger charge is 2.15. The zero-order valence-electron chi connectivity index (χ0n) is 12.6. The number of aromatic nitrogens is 1. The quantitative estimate of drug-likeness (QED) is 0.778. The Hall–Kier alpha value is -1.62. The van der Waals surface area contributed by atoms with E-state index >= 15 is 0 Å². The van der Waals surface area contributed by atoms with Gasteiger partial charge in [0, 0.05) is 31.5 Å². The van der Waals surface area contributed by atoms with Gasteiger partial charge < -0.3 is 14.4 Å². The van der Waals surface area contributed by atoms with E-state index in [1.54, 1.807) is 13.8 Å². The van der Waals surface area contributed by atoms with Crippen LogP contribution in [-0.2, 0) is 11.3 Å². The highest BCUT2D eigenvalue weighted by Crippen LogP contribution is 2.11. The molecule has 0 atom stereocenters. The molecule has 1 N–H and O–H groups in total. The van der Waals surface area contributed by atoms with E-state index in [9.17, 15) is 14.7 Å². The molecule has 0 aliphatic carbocycles. The second kappa shape index (κ2) is 7.24. The van der Waals surface area contributed by atoms with E-state index in [4.69, 9.17) is 4.74 Å². The fourth-order valence-electron chi connectivity index (χ4n) is 2.17. The van der Waals surface area contributed by atoms with Gasteiger partial charge in [-0.3, -0.25) is 4.79 Å². The molecule has 1 aromatic heterocycles. The fourth-order valence-corrected chi connectivity index (χ4v) is 2.17. The van der Waals surface area contributed by atoms with Crippen LogP contribution in [0.1, 0.15) is 41.9 Å². The summed E-state index contributed by atoms with van der Waals surface area (Å²) < 4.78 is 6.98. The Morgan fingerprint density at radius 2 is 2.05 bits per heavy atom. The minimum absolute atomic E-state index is 0.158. The molecule has 0 unspecified atom stereocenters. The SMILES string of the molecule is Cc1cc(=O)n(CCCOCC(C)C)c(C)c1C(=O)O. The van der Waals surface area contributed by atoms with E-state index in [2.05, 4.69) is 13.8 Å². The molecule has 0 saturated carbocycles.